The number of ether oxygens (including phenoxy) is 1. The van der Waals surface area contributed by atoms with Gasteiger partial charge in [0.25, 0.3) is 0 Å². The van der Waals surface area contributed by atoms with E-state index in [2.05, 4.69) is 4.98 Å². The Labute approximate surface area is 170 Å². The second-order valence-corrected chi connectivity index (χ2v) is 10.1. The first-order chi connectivity index (χ1) is 14.0. The van der Waals surface area contributed by atoms with Crippen LogP contribution in [0.15, 0.2) is 41.9 Å². The fourth-order valence-corrected chi connectivity index (χ4v) is 5.90. The average Bonchev–Trinajstić information content (AvgIpc) is 3.62. The Bertz CT molecular complexity index is 1130. The summed E-state index contributed by atoms with van der Waals surface area (Å²) >= 11 is 1.47. The van der Waals surface area contributed by atoms with Gasteiger partial charge < -0.3 is 9.26 Å². The van der Waals surface area contributed by atoms with E-state index in [-0.39, 0.29) is 18.0 Å². The van der Waals surface area contributed by atoms with Crippen LogP contribution in [0.4, 0.5) is 5.69 Å². The molecule has 1 aromatic heterocycles. The predicted molar refractivity (Wildman–Crippen MR) is 108 cm³/mol. The molecule has 0 bridgehead atoms. The Hall–Kier alpha value is -2.36. The van der Waals surface area contributed by atoms with E-state index in [9.17, 15) is 14.7 Å². The lowest BCUT2D eigenvalue weighted by Gasteiger charge is -2.19. The van der Waals surface area contributed by atoms with Crippen LogP contribution >= 0.6 is 19.0 Å². The highest BCUT2D eigenvalue weighted by Gasteiger charge is 2.49. The molecule has 11 heteroatoms. The van der Waals surface area contributed by atoms with Crippen LogP contribution in [-0.2, 0) is 15.7 Å². The van der Waals surface area contributed by atoms with Crippen molar-refractivity contribution in [3.8, 4) is 11.5 Å². The van der Waals surface area contributed by atoms with E-state index in [4.69, 9.17) is 9.26 Å². The predicted octanol–water partition coefficient (Wildman–Crippen LogP) is 4.25. The minimum absolute atomic E-state index is 0.0898. The molecule has 29 heavy (non-hydrogen) atoms. The summed E-state index contributed by atoms with van der Waals surface area (Å²) < 4.78 is 29.3. The van der Waals surface area contributed by atoms with Crippen LogP contribution in [0.3, 0.4) is 0 Å². The largest absolute Gasteiger partial charge is 0.450 e. The second-order valence-electron chi connectivity index (χ2n) is 6.81. The Morgan fingerprint density at radius 3 is 2.59 bits per heavy atom. The molecule has 0 spiro atoms. The number of rotatable bonds is 8. The SMILES string of the molecule is O=[N+]([O-])c1ccc(COP(=O)(N2CC2)N2CC2)cc1Oc1ccc2ncsc2c1. The van der Waals surface area contributed by atoms with Crippen molar-refractivity contribution in [3.63, 3.8) is 0 Å². The lowest BCUT2D eigenvalue weighted by atomic mass is 10.2. The number of hydrogen-bond donors (Lipinski definition) is 0. The molecular formula is C18H17N4O5PS. The fourth-order valence-electron chi connectivity index (χ4n) is 3.00. The maximum atomic E-state index is 13.0. The summed E-state index contributed by atoms with van der Waals surface area (Å²) in [5.74, 6) is 0.607. The summed E-state index contributed by atoms with van der Waals surface area (Å²) in [5.41, 5.74) is 3.10. The third kappa shape index (κ3) is 3.77. The number of aromatic nitrogens is 1. The van der Waals surface area contributed by atoms with Crippen molar-refractivity contribution in [1.29, 1.82) is 0 Å². The van der Waals surface area contributed by atoms with E-state index >= 15 is 0 Å². The van der Waals surface area contributed by atoms with Crippen LogP contribution in [0, 0.1) is 10.1 Å². The first kappa shape index (κ1) is 18.7. The van der Waals surface area contributed by atoms with Crippen LogP contribution < -0.4 is 4.74 Å². The molecular weight excluding hydrogens is 415 g/mol. The number of thiazole rings is 1. The number of benzene rings is 2. The molecule has 0 atom stereocenters. The van der Waals surface area contributed by atoms with E-state index in [0.717, 1.165) is 36.4 Å². The minimum atomic E-state index is -2.95. The van der Waals surface area contributed by atoms with Crippen molar-refractivity contribution in [2.75, 3.05) is 26.2 Å². The van der Waals surface area contributed by atoms with Gasteiger partial charge in [0.15, 0.2) is 0 Å². The molecule has 0 unspecified atom stereocenters. The molecule has 2 aromatic carbocycles. The van der Waals surface area contributed by atoms with E-state index in [1.165, 1.54) is 17.4 Å². The van der Waals surface area contributed by atoms with Crippen molar-refractivity contribution >= 4 is 34.9 Å². The van der Waals surface area contributed by atoms with Crippen molar-refractivity contribution < 1.29 is 18.7 Å². The molecule has 3 heterocycles. The van der Waals surface area contributed by atoms with Gasteiger partial charge in [0.05, 0.1) is 27.3 Å². The summed E-state index contributed by atoms with van der Waals surface area (Å²) in [5, 5.41) is 11.4. The minimum Gasteiger partial charge on any atom is -0.450 e. The summed E-state index contributed by atoms with van der Waals surface area (Å²) in [6.45, 7) is 3.16. The molecule has 150 valence electrons. The van der Waals surface area contributed by atoms with Crippen LogP contribution in [-0.4, -0.2) is 45.4 Å². The van der Waals surface area contributed by atoms with Gasteiger partial charge in [0, 0.05) is 38.3 Å². The molecule has 0 saturated carbocycles. The highest BCUT2D eigenvalue weighted by Crippen LogP contribution is 2.61. The van der Waals surface area contributed by atoms with Gasteiger partial charge in [-0.1, -0.05) is 0 Å². The highest BCUT2D eigenvalue weighted by atomic mass is 32.1. The van der Waals surface area contributed by atoms with Crippen molar-refractivity contribution in [1.82, 2.24) is 14.3 Å². The third-order valence-electron chi connectivity index (χ3n) is 4.71. The van der Waals surface area contributed by atoms with Crippen LogP contribution in [0.25, 0.3) is 10.2 Å². The smallest absolute Gasteiger partial charge is 0.346 e. The lowest BCUT2D eigenvalue weighted by molar-refractivity contribution is -0.385. The quantitative estimate of drug-likeness (QED) is 0.226. The van der Waals surface area contributed by atoms with Crippen LogP contribution in [0.1, 0.15) is 5.56 Å². The van der Waals surface area contributed by atoms with Crippen molar-refractivity contribution in [2.45, 2.75) is 6.61 Å². The molecule has 2 aliphatic heterocycles. The zero-order valence-electron chi connectivity index (χ0n) is 15.3. The lowest BCUT2D eigenvalue weighted by Crippen LogP contribution is -2.08. The van der Waals surface area contributed by atoms with Gasteiger partial charge in [-0.05, 0) is 29.8 Å². The maximum Gasteiger partial charge on any atom is 0.346 e. The molecule has 0 aliphatic carbocycles. The molecule has 2 fully saturated rings. The molecule has 0 radical (unpaired) electrons. The first-order valence-corrected chi connectivity index (χ1v) is 11.5. The van der Waals surface area contributed by atoms with Crippen molar-refractivity contribution in [2.24, 2.45) is 0 Å². The average molecular weight is 432 g/mol. The summed E-state index contributed by atoms with van der Waals surface area (Å²) in [6.07, 6.45) is 0. The van der Waals surface area contributed by atoms with Crippen LogP contribution in [0.2, 0.25) is 0 Å². The Kier molecular flexibility index (Phi) is 4.60. The second kappa shape index (κ2) is 7.16. The molecule has 2 aliphatic rings. The van der Waals surface area contributed by atoms with Gasteiger partial charge >= 0.3 is 13.4 Å². The molecule has 5 rings (SSSR count). The van der Waals surface area contributed by atoms with E-state index in [1.54, 1.807) is 29.8 Å². The number of nitrogens with zero attached hydrogens (tertiary/aromatic N) is 4. The topological polar surface area (TPSA) is 97.6 Å². The Morgan fingerprint density at radius 2 is 1.90 bits per heavy atom. The van der Waals surface area contributed by atoms with E-state index in [1.807, 2.05) is 15.4 Å². The Balaban J connectivity index is 1.39. The van der Waals surface area contributed by atoms with E-state index < -0.39 is 12.6 Å². The van der Waals surface area contributed by atoms with Gasteiger partial charge in [-0.15, -0.1) is 11.3 Å². The molecule has 9 nitrogen and oxygen atoms in total. The number of hydrogen-bond acceptors (Lipinski definition) is 7. The fraction of sp³-hybridized carbons (Fsp3) is 0.278. The van der Waals surface area contributed by atoms with Gasteiger partial charge in [-0.25, -0.2) is 14.3 Å². The first-order valence-electron chi connectivity index (χ1n) is 9.07. The van der Waals surface area contributed by atoms with Gasteiger partial charge in [0.1, 0.15) is 5.75 Å². The Morgan fingerprint density at radius 1 is 1.14 bits per heavy atom. The number of fused-ring (bicyclic) bond motifs is 1. The molecule has 0 amide bonds. The van der Waals surface area contributed by atoms with Crippen LogP contribution in [0.5, 0.6) is 11.5 Å². The molecule has 3 aromatic rings. The standard InChI is InChI=1S/C18H17N4O5PS/c23-22(24)16-4-1-13(11-26-28(25,20-5-6-20)21-7-8-21)9-17(16)27-14-2-3-15-18(10-14)29-12-19-15/h1-4,9-10,12H,5-8,11H2. The summed E-state index contributed by atoms with van der Waals surface area (Å²) in [6, 6.07) is 9.90. The zero-order valence-corrected chi connectivity index (χ0v) is 17.0. The summed E-state index contributed by atoms with van der Waals surface area (Å²) in [4.78, 5) is 15.2. The molecule has 2 saturated heterocycles. The number of nitro groups is 1. The van der Waals surface area contributed by atoms with Gasteiger partial charge in [-0.2, -0.15) is 0 Å². The maximum absolute atomic E-state index is 13.0. The molecule has 0 N–H and O–H groups in total. The van der Waals surface area contributed by atoms with Crippen molar-refractivity contribution in [3.05, 3.63) is 57.6 Å². The zero-order chi connectivity index (χ0) is 20.0. The number of nitro benzene ring substituents is 1. The monoisotopic (exact) mass is 432 g/mol. The normalized spacial score (nSPS) is 16.8. The van der Waals surface area contributed by atoms with Gasteiger partial charge in [0.2, 0.25) is 5.75 Å². The summed E-state index contributed by atoms with van der Waals surface area (Å²) in [7, 11) is -2.95. The third-order valence-corrected chi connectivity index (χ3v) is 8.20. The van der Waals surface area contributed by atoms with E-state index in [0.29, 0.717) is 11.3 Å². The highest BCUT2D eigenvalue weighted by molar-refractivity contribution is 7.54. The van der Waals surface area contributed by atoms with Gasteiger partial charge in [-0.3, -0.25) is 14.7 Å².